The van der Waals surface area contributed by atoms with Crippen molar-refractivity contribution in [1.82, 2.24) is 15.6 Å². The number of hydrogen-bond acceptors (Lipinski definition) is 5. The lowest BCUT2D eigenvalue weighted by molar-refractivity contribution is -0.137. The van der Waals surface area contributed by atoms with Gasteiger partial charge in [-0.3, -0.25) is 4.79 Å². The number of ether oxygens (including phenoxy) is 2. The second-order valence-corrected chi connectivity index (χ2v) is 4.78. The molecule has 2 N–H and O–H groups in total. The topological polar surface area (TPSA) is 72.5 Å². The summed E-state index contributed by atoms with van der Waals surface area (Å²) in [7, 11) is 1.56. The van der Waals surface area contributed by atoms with Crippen LogP contribution in [0.5, 0.6) is 5.88 Å². The number of aromatic nitrogens is 1. The van der Waals surface area contributed by atoms with E-state index in [1.54, 1.807) is 7.11 Å². The highest BCUT2D eigenvalue weighted by Crippen LogP contribution is 2.32. The van der Waals surface area contributed by atoms with Crippen molar-refractivity contribution < 1.29 is 27.4 Å². The van der Waals surface area contributed by atoms with Gasteiger partial charge >= 0.3 is 6.18 Å². The van der Waals surface area contributed by atoms with E-state index in [-0.39, 0.29) is 36.5 Å². The number of rotatable bonds is 9. The van der Waals surface area contributed by atoms with Crippen LogP contribution in [0.15, 0.2) is 12.3 Å². The van der Waals surface area contributed by atoms with Crippen LogP contribution in [-0.2, 0) is 15.7 Å². The second-order valence-electron chi connectivity index (χ2n) is 4.38. The Balaban J connectivity index is 2.29. The average molecular weight is 356 g/mol. The first-order chi connectivity index (χ1) is 10.8. The van der Waals surface area contributed by atoms with Gasteiger partial charge in [0.1, 0.15) is 11.6 Å². The van der Waals surface area contributed by atoms with Crippen LogP contribution in [0.2, 0.25) is 5.02 Å². The summed E-state index contributed by atoms with van der Waals surface area (Å²) < 4.78 is 47.3. The number of carbonyl (C=O) groups is 1. The van der Waals surface area contributed by atoms with Gasteiger partial charge in [-0.15, -0.1) is 0 Å². The SMILES string of the molecule is COCCNCC(=O)NCCOc1ncc(C(F)(F)F)cc1Cl. The molecule has 1 rings (SSSR count). The predicted octanol–water partition coefficient (Wildman–Crippen LogP) is 1.48. The van der Waals surface area contributed by atoms with Crippen molar-refractivity contribution in [3.63, 3.8) is 0 Å². The minimum Gasteiger partial charge on any atom is -0.475 e. The zero-order valence-electron chi connectivity index (χ0n) is 12.4. The molecule has 0 spiro atoms. The molecule has 10 heteroatoms. The minimum absolute atomic E-state index is 0.0297. The first-order valence-corrected chi connectivity index (χ1v) is 7.04. The lowest BCUT2D eigenvalue weighted by atomic mass is 10.3. The van der Waals surface area contributed by atoms with Gasteiger partial charge in [0.25, 0.3) is 0 Å². The largest absolute Gasteiger partial charge is 0.475 e. The Morgan fingerprint density at radius 2 is 2.09 bits per heavy atom. The van der Waals surface area contributed by atoms with Crippen molar-refractivity contribution in [3.05, 3.63) is 22.8 Å². The van der Waals surface area contributed by atoms with E-state index in [0.29, 0.717) is 19.3 Å². The van der Waals surface area contributed by atoms with Crippen molar-refractivity contribution >= 4 is 17.5 Å². The molecular weight excluding hydrogens is 339 g/mol. The number of halogens is 4. The molecule has 0 saturated carbocycles. The highest BCUT2D eigenvalue weighted by Gasteiger charge is 2.31. The predicted molar refractivity (Wildman–Crippen MR) is 77.5 cm³/mol. The molecule has 0 aromatic carbocycles. The Morgan fingerprint density at radius 1 is 1.35 bits per heavy atom. The van der Waals surface area contributed by atoms with Crippen molar-refractivity contribution in [1.29, 1.82) is 0 Å². The molecular formula is C13H17ClF3N3O3. The number of amides is 1. The van der Waals surface area contributed by atoms with Crippen LogP contribution in [0.4, 0.5) is 13.2 Å². The monoisotopic (exact) mass is 355 g/mol. The fourth-order valence-electron chi connectivity index (χ4n) is 1.46. The molecule has 130 valence electrons. The van der Waals surface area contributed by atoms with Gasteiger partial charge in [-0.25, -0.2) is 4.98 Å². The summed E-state index contributed by atoms with van der Waals surface area (Å²) in [5.41, 5.74) is -0.953. The number of pyridine rings is 1. The van der Waals surface area contributed by atoms with E-state index in [0.717, 1.165) is 6.07 Å². The molecule has 6 nitrogen and oxygen atoms in total. The van der Waals surface area contributed by atoms with Gasteiger partial charge in [0, 0.05) is 19.9 Å². The number of alkyl halides is 3. The highest BCUT2D eigenvalue weighted by atomic mass is 35.5. The van der Waals surface area contributed by atoms with E-state index in [9.17, 15) is 18.0 Å². The van der Waals surface area contributed by atoms with Gasteiger partial charge in [-0.1, -0.05) is 11.6 Å². The Kier molecular flexibility index (Phi) is 8.07. The van der Waals surface area contributed by atoms with Gasteiger partial charge in [0.05, 0.1) is 25.3 Å². The van der Waals surface area contributed by atoms with Gasteiger partial charge in [0.15, 0.2) is 0 Å². The summed E-state index contributed by atoms with van der Waals surface area (Å²) in [6, 6.07) is 0.738. The summed E-state index contributed by atoms with van der Waals surface area (Å²) in [5.74, 6) is -0.358. The van der Waals surface area contributed by atoms with E-state index in [4.69, 9.17) is 21.1 Å². The quantitative estimate of drug-likeness (QED) is 0.657. The Hall–Kier alpha value is -1.58. The summed E-state index contributed by atoms with van der Waals surface area (Å²) in [5, 5.41) is 5.18. The zero-order valence-corrected chi connectivity index (χ0v) is 13.1. The molecule has 0 atom stereocenters. The smallest absolute Gasteiger partial charge is 0.417 e. The normalized spacial score (nSPS) is 11.3. The number of methoxy groups -OCH3 is 1. The number of nitrogens with zero attached hydrogens (tertiary/aromatic N) is 1. The second kappa shape index (κ2) is 9.53. The molecule has 0 radical (unpaired) electrons. The third kappa shape index (κ3) is 7.49. The molecule has 0 fully saturated rings. The number of nitrogens with one attached hydrogen (secondary N) is 2. The third-order valence-electron chi connectivity index (χ3n) is 2.57. The molecule has 0 saturated heterocycles. The van der Waals surface area contributed by atoms with Gasteiger partial charge in [-0.05, 0) is 6.07 Å². The maximum absolute atomic E-state index is 12.4. The molecule has 0 aliphatic carbocycles. The van der Waals surface area contributed by atoms with Crippen LogP contribution in [0, 0.1) is 0 Å². The van der Waals surface area contributed by atoms with E-state index in [1.807, 2.05) is 0 Å². The van der Waals surface area contributed by atoms with E-state index in [2.05, 4.69) is 15.6 Å². The summed E-state index contributed by atoms with van der Waals surface area (Å²) in [6.07, 6.45) is -3.88. The molecule has 0 bridgehead atoms. The van der Waals surface area contributed by atoms with Crippen LogP contribution in [0.1, 0.15) is 5.56 Å². The third-order valence-corrected chi connectivity index (χ3v) is 2.84. The maximum atomic E-state index is 12.4. The van der Waals surface area contributed by atoms with Gasteiger partial charge in [-0.2, -0.15) is 13.2 Å². The van der Waals surface area contributed by atoms with Crippen molar-refractivity contribution in [3.8, 4) is 5.88 Å². The highest BCUT2D eigenvalue weighted by molar-refractivity contribution is 6.31. The molecule has 1 aromatic heterocycles. The van der Waals surface area contributed by atoms with Gasteiger partial charge in [0.2, 0.25) is 11.8 Å². The first kappa shape index (κ1) is 19.5. The minimum atomic E-state index is -4.51. The lowest BCUT2D eigenvalue weighted by Gasteiger charge is -2.11. The standard InChI is InChI=1S/C13H17ClF3N3O3/c1-22-4-2-18-8-11(21)19-3-5-23-12-10(14)6-9(7-20-12)13(15,16)17/h6-7,18H,2-5,8H2,1H3,(H,19,21). The molecule has 0 aliphatic heterocycles. The Bertz CT molecular complexity index is 515. The lowest BCUT2D eigenvalue weighted by Crippen LogP contribution is -2.37. The van der Waals surface area contributed by atoms with Crippen LogP contribution < -0.4 is 15.4 Å². The fraction of sp³-hybridized carbons (Fsp3) is 0.538. The van der Waals surface area contributed by atoms with Crippen LogP contribution >= 0.6 is 11.6 Å². The maximum Gasteiger partial charge on any atom is 0.417 e. The summed E-state index contributed by atoms with van der Waals surface area (Å²) in [6.45, 7) is 1.37. The Labute approximate surface area is 136 Å². The molecule has 1 heterocycles. The molecule has 0 aliphatic rings. The first-order valence-electron chi connectivity index (χ1n) is 6.66. The Morgan fingerprint density at radius 3 is 2.70 bits per heavy atom. The van der Waals surface area contributed by atoms with Crippen LogP contribution in [0.25, 0.3) is 0 Å². The summed E-state index contributed by atoms with van der Waals surface area (Å²) >= 11 is 5.68. The molecule has 0 unspecified atom stereocenters. The van der Waals surface area contributed by atoms with Crippen molar-refractivity contribution in [2.75, 3.05) is 40.0 Å². The number of hydrogen-bond donors (Lipinski definition) is 2. The van der Waals surface area contributed by atoms with Crippen LogP contribution in [0.3, 0.4) is 0 Å². The van der Waals surface area contributed by atoms with E-state index < -0.39 is 11.7 Å². The van der Waals surface area contributed by atoms with E-state index in [1.165, 1.54) is 0 Å². The zero-order chi connectivity index (χ0) is 17.3. The summed E-state index contributed by atoms with van der Waals surface area (Å²) in [4.78, 5) is 14.9. The van der Waals surface area contributed by atoms with Crippen molar-refractivity contribution in [2.45, 2.75) is 6.18 Å². The average Bonchev–Trinajstić information content (AvgIpc) is 2.48. The molecule has 1 aromatic rings. The van der Waals surface area contributed by atoms with E-state index >= 15 is 0 Å². The molecule has 1 amide bonds. The van der Waals surface area contributed by atoms with Gasteiger partial charge < -0.3 is 20.1 Å². The fourth-order valence-corrected chi connectivity index (χ4v) is 1.68. The number of carbonyl (C=O) groups excluding carboxylic acids is 1. The van der Waals surface area contributed by atoms with Crippen molar-refractivity contribution in [2.24, 2.45) is 0 Å². The van der Waals surface area contributed by atoms with Crippen LogP contribution in [-0.4, -0.2) is 50.8 Å². The molecule has 23 heavy (non-hydrogen) atoms.